The third-order valence-electron chi connectivity index (χ3n) is 6.32. The minimum Gasteiger partial charge on any atom is -0.443 e. The average molecular weight is 555 g/mol. The first-order valence-electron chi connectivity index (χ1n) is 13.5. The second-order valence-electron chi connectivity index (χ2n) is 10.6. The zero-order chi connectivity index (χ0) is 28.0. The van der Waals surface area contributed by atoms with Gasteiger partial charge in [-0.3, -0.25) is 18.5 Å². The highest BCUT2D eigenvalue weighted by molar-refractivity contribution is 7.48. The van der Waals surface area contributed by atoms with Crippen LogP contribution in [0.2, 0.25) is 0 Å². The molecule has 0 saturated heterocycles. The van der Waals surface area contributed by atoms with E-state index in [1.54, 1.807) is 18.4 Å². The van der Waals surface area contributed by atoms with E-state index < -0.39 is 19.5 Å². The van der Waals surface area contributed by atoms with Gasteiger partial charge in [-0.25, -0.2) is 9.36 Å². The molecule has 9 heteroatoms. The number of benzene rings is 2. The SMILES string of the molecule is CCOP(=O)(OCC)OC1=CCN(Cc2ccccc2)CC1Cc1cn(C(=O)OC(C)(C)C)c2ccccc12. The molecule has 1 aliphatic rings. The topological polar surface area (TPSA) is 79.2 Å². The van der Waals surface area contributed by atoms with E-state index in [0.717, 1.165) is 23.0 Å². The lowest BCUT2D eigenvalue weighted by Gasteiger charge is -2.33. The number of hydrogen-bond donors (Lipinski definition) is 0. The predicted octanol–water partition coefficient (Wildman–Crippen LogP) is 7.18. The molecule has 0 bridgehead atoms. The van der Waals surface area contributed by atoms with E-state index in [0.29, 0.717) is 25.3 Å². The van der Waals surface area contributed by atoms with Crippen molar-refractivity contribution in [2.45, 2.75) is 53.2 Å². The Balaban J connectivity index is 1.66. The summed E-state index contributed by atoms with van der Waals surface area (Å²) in [6, 6.07) is 18.1. The molecule has 1 aromatic heterocycles. The van der Waals surface area contributed by atoms with Gasteiger partial charge in [-0.1, -0.05) is 48.5 Å². The molecule has 0 N–H and O–H groups in total. The van der Waals surface area contributed by atoms with Crippen molar-refractivity contribution in [1.82, 2.24) is 9.47 Å². The maximum Gasteiger partial charge on any atom is 0.529 e. The molecule has 4 rings (SSSR count). The van der Waals surface area contributed by atoms with Crippen LogP contribution in [0.4, 0.5) is 4.79 Å². The van der Waals surface area contributed by atoms with Gasteiger partial charge in [0.15, 0.2) is 0 Å². The number of para-hydroxylation sites is 1. The first-order chi connectivity index (χ1) is 18.6. The molecule has 3 aromatic rings. The number of rotatable bonds is 10. The monoisotopic (exact) mass is 554 g/mol. The number of phosphoric ester groups is 1. The molecule has 0 fully saturated rings. The van der Waals surface area contributed by atoms with Crippen LogP contribution in [0.1, 0.15) is 45.7 Å². The van der Waals surface area contributed by atoms with E-state index >= 15 is 0 Å². The van der Waals surface area contributed by atoms with Gasteiger partial charge in [0.05, 0.1) is 18.7 Å². The molecule has 8 nitrogen and oxygen atoms in total. The van der Waals surface area contributed by atoms with Crippen LogP contribution in [0.25, 0.3) is 10.9 Å². The Morgan fingerprint density at radius 1 is 1.00 bits per heavy atom. The van der Waals surface area contributed by atoms with E-state index in [4.69, 9.17) is 18.3 Å². The summed E-state index contributed by atoms with van der Waals surface area (Å²) in [4.78, 5) is 15.4. The summed E-state index contributed by atoms with van der Waals surface area (Å²) in [5, 5.41) is 0.959. The third-order valence-corrected chi connectivity index (χ3v) is 7.91. The highest BCUT2D eigenvalue weighted by Gasteiger charge is 2.34. The summed E-state index contributed by atoms with van der Waals surface area (Å²) in [7, 11) is -3.76. The molecular formula is C30H39N2O6P. The van der Waals surface area contributed by atoms with Crippen LogP contribution in [0.5, 0.6) is 0 Å². The highest BCUT2D eigenvalue weighted by Crippen LogP contribution is 2.52. The Bertz CT molecular complexity index is 1330. The summed E-state index contributed by atoms with van der Waals surface area (Å²) >= 11 is 0. The lowest BCUT2D eigenvalue weighted by Crippen LogP contribution is -2.36. The molecule has 0 amide bonds. The van der Waals surface area contributed by atoms with Crippen LogP contribution in [0.15, 0.2) is 72.6 Å². The molecular weight excluding hydrogens is 515 g/mol. The number of carbonyl (C=O) groups excluding carboxylic acids is 1. The molecule has 1 atom stereocenters. The van der Waals surface area contributed by atoms with Crippen LogP contribution in [-0.4, -0.2) is 47.5 Å². The first kappa shape index (κ1) is 29.1. The van der Waals surface area contributed by atoms with E-state index in [9.17, 15) is 9.36 Å². The van der Waals surface area contributed by atoms with Crippen LogP contribution in [0.3, 0.4) is 0 Å². The minimum absolute atomic E-state index is 0.144. The van der Waals surface area contributed by atoms with E-state index in [1.807, 2.05) is 75.5 Å². The van der Waals surface area contributed by atoms with Gasteiger partial charge >= 0.3 is 13.9 Å². The fourth-order valence-corrected chi connectivity index (χ4v) is 6.08. The summed E-state index contributed by atoms with van der Waals surface area (Å²) in [5.41, 5.74) is 2.34. The number of nitrogens with zero attached hydrogens (tertiary/aromatic N) is 2. The standard InChI is InChI=1S/C30H39N2O6P/c1-6-35-39(34,36-7-2)38-28-17-18-31(20-23-13-9-8-10-14-23)21-25(28)19-24-22-32(29(33)37-30(3,4)5)27-16-12-11-15-26(24)27/h8-17,22,25H,6-7,18-21H2,1-5H3. The summed E-state index contributed by atoms with van der Waals surface area (Å²) < 4.78 is 37.4. The normalized spacial score (nSPS) is 16.7. The highest BCUT2D eigenvalue weighted by atomic mass is 31.2. The maximum atomic E-state index is 13.3. The van der Waals surface area contributed by atoms with Gasteiger partial charge in [-0.2, -0.15) is 0 Å². The van der Waals surface area contributed by atoms with Gasteiger partial charge in [0.1, 0.15) is 11.4 Å². The number of hydrogen-bond acceptors (Lipinski definition) is 7. The van der Waals surface area contributed by atoms with Crippen LogP contribution >= 0.6 is 7.82 Å². The smallest absolute Gasteiger partial charge is 0.443 e. The van der Waals surface area contributed by atoms with Gasteiger partial charge < -0.3 is 9.26 Å². The zero-order valence-corrected chi connectivity index (χ0v) is 24.4. The first-order valence-corrected chi connectivity index (χ1v) is 14.9. The van der Waals surface area contributed by atoms with Gasteiger partial charge in [0, 0.05) is 37.1 Å². The van der Waals surface area contributed by atoms with E-state index in [-0.39, 0.29) is 19.1 Å². The fourth-order valence-electron chi connectivity index (χ4n) is 4.79. The van der Waals surface area contributed by atoms with Crippen LogP contribution in [-0.2, 0) is 35.8 Å². The lowest BCUT2D eigenvalue weighted by atomic mass is 9.94. The number of phosphoric acid groups is 1. The van der Waals surface area contributed by atoms with Crippen molar-refractivity contribution in [3.05, 3.63) is 83.8 Å². The molecule has 2 aromatic carbocycles. The van der Waals surface area contributed by atoms with E-state index in [2.05, 4.69) is 17.0 Å². The summed E-state index contributed by atoms with van der Waals surface area (Å²) in [6.45, 7) is 11.6. The zero-order valence-electron chi connectivity index (χ0n) is 23.5. The molecule has 39 heavy (non-hydrogen) atoms. The van der Waals surface area contributed by atoms with Crippen LogP contribution in [0, 0.1) is 5.92 Å². The van der Waals surface area contributed by atoms with Crippen molar-refractivity contribution in [1.29, 1.82) is 0 Å². The molecule has 2 heterocycles. The van der Waals surface area contributed by atoms with E-state index in [1.165, 1.54) is 5.56 Å². The number of carbonyl (C=O) groups is 1. The fraction of sp³-hybridized carbons (Fsp3) is 0.433. The quantitative estimate of drug-likeness (QED) is 0.246. The maximum absolute atomic E-state index is 13.3. The Labute approximate surface area is 231 Å². The van der Waals surface area contributed by atoms with Crippen molar-refractivity contribution in [2.75, 3.05) is 26.3 Å². The predicted molar refractivity (Wildman–Crippen MR) is 153 cm³/mol. The second kappa shape index (κ2) is 12.5. The molecule has 0 saturated carbocycles. The number of aromatic nitrogens is 1. The Kier molecular flexibility index (Phi) is 9.34. The Morgan fingerprint density at radius 2 is 1.67 bits per heavy atom. The number of ether oxygens (including phenoxy) is 1. The van der Waals surface area contributed by atoms with Gasteiger partial charge in [-0.15, -0.1) is 0 Å². The van der Waals surface area contributed by atoms with Gasteiger partial charge in [-0.05, 0) is 64.3 Å². The molecule has 1 aliphatic heterocycles. The summed E-state index contributed by atoms with van der Waals surface area (Å²) in [5.74, 6) is 0.438. The molecule has 0 radical (unpaired) electrons. The van der Waals surface area contributed by atoms with Crippen molar-refractivity contribution >= 4 is 24.8 Å². The van der Waals surface area contributed by atoms with Crippen molar-refractivity contribution in [3.8, 4) is 0 Å². The lowest BCUT2D eigenvalue weighted by molar-refractivity contribution is 0.0544. The summed E-state index contributed by atoms with van der Waals surface area (Å²) in [6.07, 6.45) is 3.95. The second-order valence-corrected chi connectivity index (χ2v) is 12.2. The average Bonchev–Trinajstić information content (AvgIpc) is 3.24. The van der Waals surface area contributed by atoms with Gasteiger partial charge in [0.2, 0.25) is 0 Å². The Morgan fingerprint density at radius 3 is 2.33 bits per heavy atom. The third kappa shape index (κ3) is 7.61. The molecule has 1 unspecified atom stereocenters. The van der Waals surface area contributed by atoms with Crippen molar-refractivity contribution in [3.63, 3.8) is 0 Å². The largest absolute Gasteiger partial charge is 0.529 e. The molecule has 210 valence electrons. The molecule has 0 aliphatic carbocycles. The minimum atomic E-state index is -3.76. The van der Waals surface area contributed by atoms with Crippen molar-refractivity contribution in [2.24, 2.45) is 5.92 Å². The Hall–Kier alpha value is -2.90. The number of fused-ring (bicyclic) bond motifs is 1. The molecule has 0 spiro atoms. The van der Waals surface area contributed by atoms with Crippen LogP contribution < -0.4 is 0 Å². The van der Waals surface area contributed by atoms with Gasteiger partial charge in [0.25, 0.3) is 0 Å². The van der Waals surface area contributed by atoms with Crippen molar-refractivity contribution < 1.29 is 27.7 Å².